The Morgan fingerprint density at radius 1 is 1.44 bits per heavy atom. The van der Waals surface area contributed by atoms with Crippen molar-refractivity contribution in [3.63, 3.8) is 0 Å². The van der Waals surface area contributed by atoms with E-state index in [9.17, 15) is 0 Å². The Bertz CT molecular complexity index is 442. The van der Waals surface area contributed by atoms with Gasteiger partial charge in [-0.25, -0.2) is 4.98 Å². The molecule has 84 valence electrons. The summed E-state index contributed by atoms with van der Waals surface area (Å²) in [6.45, 7) is 0. The zero-order chi connectivity index (χ0) is 11.4. The number of H-pyrrole nitrogens is 1. The lowest BCUT2D eigenvalue weighted by molar-refractivity contribution is 0.862. The molecule has 1 aromatic carbocycles. The van der Waals surface area contributed by atoms with Crippen molar-refractivity contribution >= 4 is 27.7 Å². The molecule has 2 rings (SSSR count). The van der Waals surface area contributed by atoms with Crippen LogP contribution in [0.3, 0.4) is 0 Å². The number of imidazole rings is 1. The number of thioether (sulfide) groups is 1. The van der Waals surface area contributed by atoms with Crippen molar-refractivity contribution in [1.29, 1.82) is 0 Å². The molecule has 0 radical (unpaired) electrons. The van der Waals surface area contributed by atoms with Crippen LogP contribution in [0, 0.1) is 0 Å². The third-order valence-corrected chi connectivity index (χ3v) is 4.03. The van der Waals surface area contributed by atoms with E-state index in [0.717, 1.165) is 12.2 Å². The van der Waals surface area contributed by atoms with Gasteiger partial charge in [0, 0.05) is 28.5 Å². The van der Waals surface area contributed by atoms with Crippen molar-refractivity contribution in [2.24, 2.45) is 0 Å². The predicted molar refractivity (Wildman–Crippen MR) is 72.2 cm³/mol. The fourth-order valence-corrected chi connectivity index (χ4v) is 3.13. The fraction of sp³-hybridized carbons (Fsp3) is 0.250. The number of hydrogen-bond donors (Lipinski definition) is 1. The number of benzene rings is 1. The highest BCUT2D eigenvalue weighted by Crippen LogP contribution is 2.32. The third-order valence-electron chi connectivity index (χ3n) is 2.40. The van der Waals surface area contributed by atoms with Crippen LogP contribution < -0.4 is 0 Å². The maximum atomic E-state index is 4.24. The Morgan fingerprint density at radius 3 is 2.94 bits per heavy atom. The topological polar surface area (TPSA) is 28.7 Å². The first-order valence-corrected chi connectivity index (χ1v) is 7.20. The molecule has 1 unspecified atom stereocenters. The normalized spacial score (nSPS) is 12.6. The molecule has 4 heteroatoms. The van der Waals surface area contributed by atoms with Gasteiger partial charge in [-0.1, -0.05) is 34.1 Å². The van der Waals surface area contributed by atoms with Crippen molar-refractivity contribution in [3.8, 4) is 0 Å². The molecule has 0 bridgehead atoms. The van der Waals surface area contributed by atoms with Crippen LogP contribution in [0.25, 0.3) is 0 Å². The first-order chi connectivity index (χ1) is 7.81. The van der Waals surface area contributed by atoms with Crippen molar-refractivity contribution in [2.45, 2.75) is 16.1 Å². The molecule has 1 heterocycles. The van der Waals surface area contributed by atoms with E-state index in [1.807, 2.05) is 6.20 Å². The minimum absolute atomic E-state index is 0.308. The summed E-state index contributed by atoms with van der Waals surface area (Å²) < 4.78 is 0. The Morgan fingerprint density at radius 2 is 2.25 bits per heavy atom. The average molecular weight is 297 g/mol. The summed E-state index contributed by atoms with van der Waals surface area (Å²) >= 11 is 5.50. The van der Waals surface area contributed by atoms with E-state index >= 15 is 0 Å². The van der Waals surface area contributed by atoms with Crippen LogP contribution in [0.1, 0.15) is 16.2 Å². The minimum Gasteiger partial charge on any atom is -0.349 e. The number of halogens is 1. The van der Waals surface area contributed by atoms with Crippen molar-refractivity contribution in [3.05, 3.63) is 48.0 Å². The van der Waals surface area contributed by atoms with Gasteiger partial charge >= 0.3 is 0 Å². The average Bonchev–Trinajstić information content (AvgIpc) is 2.81. The molecule has 0 amide bonds. The van der Waals surface area contributed by atoms with Crippen LogP contribution in [0.5, 0.6) is 0 Å². The molecular formula is C12H13BrN2S. The first kappa shape index (κ1) is 11.7. The zero-order valence-electron chi connectivity index (χ0n) is 8.98. The van der Waals surface area contributed by atoms with E-state index in [-0.39, 0.29) is 0 Å². The van der Waals surface area contributed by atoms with Gasteiger partial charge in [0.1, 0.15) is 5.82 Å². The van der Waals surface area contributed by atoms with Gasteiger partial charge in [-0.2, -0.15) is 0 Å². The predicted octanol–water partition coefficient (Wildman–Crippen LogP) is 3.81. The monoisotopic (exact) mass is 296 g/mol. The summed E-state index contributed by atoms with van der Waals surface area (Å²) in [5.41, 5.74) is 1.33. The van der Waals surface area contributed by atoms with Gasteiger partial charge in [0.25, 0.3) is 0 Å². The van der Waals surface area contributed by atoms with E-state index in [0.29, 0.717) is 4.83 Å². The van der Waals surface area contributed by atoms with Crippen LogP contribution in [-0.2, 0) is 6.42 Å². The molecule has 2 aromatic rings. The third kappa shape index (κ3) is 2.68. The van der Waals surface area contributed by atoms with Crippen LogP contribution >= 0.6 is 27.7 Å². The molecule has 16 heavy (non-hydrogen) atoms. The molecular weight excluding hydrogens is 284 g/mol. The Balaban J connectivity index is 2.17. The maximum Gasteiger partial charge on any atom is 0.107 e. The van der Waals surface area contributed by atoms with Gasteiger partial charge in [0.15, 0.2) is 0 Å². The summed E-state index contributed by atoms with van der Waals surface area (Å²) in [7, 11) is 0. The second kappa shape index (κ2) is 5.55. The smallest absolute Gasteiger partial charge is 0.107 e. The van der Waals surface area contributed by atoms with Gasteiger partial charge < -0.3 is 4.98 Å². The summed E-state index contributed by atoms with van der Waals surface area (Å²) in [6.07, 6.45) is 6.63. The van der Waals surface area contributed by atoms with Gasteiger partial charge in [-0.15, -0.1) is 11.8 Å². The second-order valence-electron chi connectivity index (χ2n) is 3.45. The standard InChI is InChI=1S/C12H13BrN2S/c1-16-11-5-3-2-4-9(11)10(13)8-12-14-6-7-15-12/h2-7,10H,8H2,1H3,(H,14,15). The molecule has 0 saturated heterocycles. The number of nitrogens with one attached hydrogen (secondary N) is 1. The molecule has 0 aliphatic carbocycles. The van der Waals surface area contributed by atoms with E-state index < -0.39 is 0 Å². The Kier molecular flexibility index (Phi) is 4.07. The minimum atomic E-state index is 0.308. The van der Waals surface area contributed by atoms with Crippen LogP contribution in [-0.4, -0.2) is 16.2 Å². The summed E-state index contributed by atoms with van der Waals surface area (Å²) in [5.74, 6) is 1.01. The number of aromatic nitrogens is 2. The van der Waals surface area contributed by atoms with E-state index in [4.69, 9.17) is 0 Å². The van der Waals surface area contributed by atoms with Crippen molar-refractivity contribution in [2.75, 3.05) is 6.26 Å². The molecule has 0 spiro atoms. The number of nitrogens with zero attached hydrogens (tertiary/aromatic N) is 1. The highest BCUT2D eigenvalue weighted by Gasteiger charge is 2.13. The van der Waals surface area contributed by atoms with Crippen LogP contribution in [0.4, 0.5) is 0 Å². The van der Waals surface area contributed by atoms with Gasteiger partial charge in [0.2, 0.25) is 0 Å². The maximum absolute atomic E-state index is 4.24. The van der Waals surface area contributed by atoms with Crippen molar-refractivity contribution in [1.82, 2.24) is 9.97 Å². The fourth-order valence-electron chi connectivity index (χ4n) is 1.61. The highest BCUT2D eigenvalue weighted by atomic mass is 79.9. The van der Waals surface area contributed by atoms with Gasteiger partial charge in [-0.05, 0) is 17.9 Å². The molecule has 0 saturated carbocycles. The molecule has 0 fully saturated rings. The summed E-state index contributed by atoms with van der Waals surface area (Å²) in [4.78, 5) is 9.00. The van der Waals surface area contributed by atoms with Gasteiger partial charge in [-0.3, -0.25) is 0 Å². The first-order valence-electron chi connectivity index (χ1n) is 5.06. The lowest BCUT2D eigenvalue weighted by Crippen LogP contribution is -1.98. The van der Waals surface area contributed by atoms with E-state index in [2.05, 4.69) is 56.4 Å². The Labute approximate surface area is 108 Å². The molecule has 2 nitrogen and oxygen atoms in total. The number of aromatic amines is 1. The lowest BCUT2D eigenvalue weighted by atomic mass is 10.1. The molecule has 0 aliphatic rings. The van der Waals surface area contributed by atoms with Crippen molar-refractivity contribution < 1.29 is 0 Å². The van der Waals surface area contributed by atoms with E-state index in [1.165, 1.54) is 10.5 Å². The zero-order valence-corrected chi connectivity index (χ0v) is 11.4. The molecule has 1 N–H and O–H groups in total. The van der Waals surface area contributed by atoms with E-state index in [1.54, 1.807) is 18.0 Å². The number of hydrogen-bond acceptors (Lipinski definition) is 2. The number of rotatable bonds is 4. The number of alkyl halides is 1. The summed E-state index contributed by atoms with van der Waals surface area (Å²) in [6, 6.07) is 8.46. The Hall–Kier alpha value is -0.740. The second-order valence-corrected chi connectivity index (χ2v) is 5.40. The molecule has 1 aromatic heterocycles. The van der Waals surface area contributed by atoms with Crippen LogP contribution in [0.2, 0.25) is 0 Å². The largest absolute Gasteiger partial charge is 0.349 e. The summed E-state index contributed by atoms with van der Waals surface area (Å²) in [5, 5.41) is 0. The lowest BCUT2D eigenvalue weighted by Gasteiger charge is -2.12. The van der Waals surface area contributed by atoms with Crippen LogP contribution in [0.15, 0.2) is 41.6 Å². The quantitative estimate of drug-likeness (QED) is 0.686. The molecule has 1 atom stereocenters. The SMILES string of the molecule is CSc1ccccc1C(Br)Cc1ncc[nH]1. The van der Waals surface area contributed by atoms with Gasteiger partial charge in [0.05, 0.1) is 0 Å². The molecule has 0 aliphatic heterocycles. The highest BCUT2D eigenvalue weighted by molar-refractivity contribution is 9.09.